The number of anilines is 2. The molecule has 0 bridgehead atoms. The lowest BCUT2D eigenvalue weighted by Gasteiger charge is -2.32. The van der Waals surface area contributed by atoms with Gasteiger partial charge in [0.25, 0.3) is 0 Å². The van der Waals surface area contributed by atoms with Crippen LogP contribution in [-0.2, 0) is 0 Å². The molecular formula is C32H36N2Si. The summed E-state index contributed by atoms with van der Waals surface area (Å²) >= 11 is 0. The number of hydrogen-bond acceptors (Lipinski definition) is 2. The highest BCUT2D eigenvalue weighted by Crippen LogP contribution is 2.34. The summed E-state index contributed by atoms with van der Waals surface area (Å²) in [6.45, 7) is 13.0. The molecule has 178 valence electrons. The molecule has 0 saturated heterocycles. The van der Waals surface area contributed by atoms with Gasteiger partial charge in [-0.3, -0.25) is 0 Å². The van der Waals surface area contributed by atoms with E-state index in [9.17, 15) is 0 Å². The van der Waals surface area contributed by atoms with Crippen molar-refractivity contribution in [3.8, 4) is 11.1 Å². The molecule has 0 saturated carbocycles. The molecular weight excluding hydrogens is 440 g/mol. The summed E-state index contributed by atoms with van der Waals surface area (Å²) in [5, 5.41) is 5.93. The summed E-state index contributed by atoms with van der Waals surface area (Å²) in [7, 11) is -2.42. The Morgan fingerprint density at radius 2 is 0.857 bits per heavy atom. The molecule has 3 heteroatoms. The fraction of sp³-hybridized carbons (Fsp3) is 0.250. The van der Waals surface area contributed by atoms with Gasteiger partial charge in [0.2, 0.25) is 0 Å². The van der Waals surface area contributed by atoms with Gasteiger partial charge in [0.05, 0.1) is 0 Å². The van der Waals surface area contributed by atoms with Crippen molar-refractivity contribution in [1.82, 2.24) is 0 Å². The van der Waals surface area contributed by atoms with Crippen LogP contribution in [0.2, 0.25) is 0 Å². The summed E-state index contributed by atoms with van der Waals surface area (Å²) < 4.78 is 0. The third kappa shape index (κ3) is 3.70. The van der Waals surface area contributed by atoms with Crippen molar-refractivity contribution in [3.63, 3.8) is 0 Å². The van der Waals surface area contributed by atoms with Crippen LogP contribution in [0.25, 0.3) is 11.1 Å². The SMILES string of the molecule is CCN(CC)c1ccc2c(c1)-c1cc(N(CC)CC)ccc1[Si]2(c1ccccc1)c1ccccc1. The molecule has 0 unspecified atom stereocenters. The minimum Gasteiger partial charge on any atom is -0.372 e. The van der Waals surface area contributed by atoms with Crippen molar-refractivity contribution in [3.05, 3.63) is 97.1 Å². The van der Waals surface area contributed by atoms with Crippen LogP contribution in [0.4, 0.5) is 11.4 Å². The molecule has 1 aliphatic rings. The van der Waals surface area contributed by atoms with Crippen LogP contribution < -0.4 is 30.5 Å². The maximum absolute atomic E-state index is 2.47. The van der Waals surface area contributed by atoms with Gasteiger partial charge in [-0.05, 0) is 83.8 Å². The fourth-order valence-electron chi connectivity index (χ4n) is 6.05. The molecule has 4 aromatic rings. The van der Waals surface area contributed by atoms with Gasteiger partial charge in [0.1, 0.15) is 0 Å². The molecule has 1 aliphatic heterocycles. The number of fused-ring (bicyclic) bond motifs is 3. The van der Waals surface area contributed by atoms with Crippen LogP contribution in [0.3, 0.4) is 0 Å². The minimum absolute atomic E-state index is 1.02. The van der Waals surface area contributed by atoms with Crippen molar-refractivity contribution < 1.29 is 0 Å². The Balaban J connectivity index is 1.87. The summed E-state index contributed by atoms with van der Waals surface area (Å²) in [6, 6.07) is 37.1. The van der Waals surface area contributed by atoms with Gasteiger partial charge in [-0.2, -0.15) is 0 Å². The smallest absolute Gasteiger partial charge is 0.180 e. The monoisotopic (exact) mass is 476 g/mol. The van der Waals surface area contributed by atoms with Gasteiger partial charge in [0.15, 0.2) is 8.07 Å². The van der Waals surface area contributed by atoms with Crippen molar-refractivity contribution in [2.24, 2.45) is 0 Å². The molecule has 0 N–H and O–H groups in total. The van der Waals surface area contributed by atoms with Crippen molar-refractivity contribution in [2.75, 3.05) is 36.0 Å². The average Bonchev–Trinajstić information content (AvgIpc) is 3.21. The Labute approximate surface area is 211 Å². The van der Waals surface area contributed by atoms with E-state index in [0.717, 1.165) is 26.2 Å². The van der Waals surface area contributed by atoms with E-state index < -0.39 is 8.07 Å². The van der Waals surface area contributed by atoms with E-state index in [1.54, 1.807) is 0 Å². The largest absolute Gasteiger partial charge is 0.372 e. The first kappa shape index (κ1) is 23.4. The van der Waals surface area contributed by atoms with Crippen LogP contribution in [0, 0.1) is 0 Å². The molecule has 0 atom stereocenters. The Bertz CT molecular complexity index is 1190. The first-order valence-corrected chi connectivity index (χ1v) is 15.1. The molecule has 0 radical (unpaired) electrons. The highest BCUT2D eigenvalue weighted by Gasteiger charge is 2.48. The molecule has 0 fully saturated rings. The molecule has 1 heterocycles. The van der Waals surface area contributed by atoms with Gasteiger partial charge in [-0.1, -0.05) is 72.8 Å². The lowest BCUT2D eigenvalue weighted by Crippen LogP contribution is -2.72. The molecule has 0 spiro atoms. The molecule has 0 aromatic heterocycles. The van der Waals surface area contributed by atoms with E-state index >= 15 is 0 Å². The number of nitrogens with zero attached hydrogens (tertiary/aromatic N) is 2. The van der Waals surface area contributed by atoms with Crippen LogP contribution >= 0.6 is 0 Å². The fourth-order valence-corrected chi connectivity index (χ4v) is 11.2. The van der Waals surface area contributed by atoms with E-state index in [1.807, 2.05) is 0 Å². The van der Waals surface area contributed by atoms with E-state index in [4.69, 9.17) is 0 Å². The second-order valence-electron chi connectivity index (χ2n) is 9.29. The quantitative estimate of drug-likeness (QED) is 0.299. The maximum Gasteiger partial charge on any atom is 0.180 e. The zero-order valence-electron chi connectivity index (χ0n) is 21.5. The first-order chi connectivity index (χ1) is 17.2. The summed E-state index contributed by atoms with van der Waals surface area (Å²) in [4.78, 5) is 4.92. The normalized spacial score (nSPS) is 13.3. The molecule has 0 amide bonds. The highest BCUT2D eigenvalue weighted by molar-refractivity contribution is 7.22. The van der Waals surface area contributed by atoms with Crippen LogP contribution in [0.15, 0.2) is 97.1 Å². The average molecular weight is 477 g/mol. The minimum atomic E-state index is -2.42. The zero-order chi connectivity index (χ0) is 24.4. The molecule has 2 nitrogen and oxygen atoms in total. The summed E-state index contributed by atoms with van der Waals surface area (Å²) in [5.41, 5.74) is 5.47. The van der Waals surface area contributed by atoms with Crippen LogP contribution in [0.1, 0.15) is 27.7 Å². The standard InChI is InChI=1S/C32H36N2Si/c1-5-33(6-2)25-19-21-31-29(23-25)30-24-26(34(7-3)8-4)20-22-32(30)35(31,27-15-11-9-12-16-27)28-17-13-10-14-18-28/h9-24H,5-8H2,1-4H3. The van der Waals surface area contributed by atoms with E-state index in [-0.39, 0.29) is 0 Å². The highest BCUT2D eigenvalue weighted by atomic mass is 28.3. The second-order valence-corrected chi connectivity index (χ2v) is 13.0. The number of hydrogen-bond donors (Lipinski definition) is 0. The van der Waals surface area contributed by atoms with Gasteiger partial charge in [-0.25, -0.2) is 0 Å². The first-order valence-electron chi connectivity index (χ1n) is 13.1. The molecule has 0 aliphatic carbocycles. The van der Waals surface area contributed by atoms with Crippen molar-refractivity contribution >= 4 is 40.2 Å². The summed E-state index contributed by atoms with van der Waals surface area (Å²) in [5.74, 6) is 0. The molecule has 4 aromatic carbocycles. The Morgan fingerprint density at radius 1 is 0.486 bits per heavy atom. The zero-order valence-corrected chi connectivity index (χ0v) is 22.5. The van der Waals surface area contributed by atoms with Crippen molar-refractivity contribution in [1.29, 1.82) is 0 Å². The predicted octanol–water partition coefficient (Wildman–Crippen LogP) is 4.74. The Hall–Kier alpha value is -3.30. The van der Waals surface area contributed by atoms with E-state index in [0.29, 0.717) is 0 Å². The molecule has 5 rings (SSSR count). The Morgan fingerprint density at radius 3 is 1.20 bits per heavy atom. The Kier molecular flexibility index (Phi) is 6.53. The van der Waals surface area contributed by atoms with Gasteiger partial charge in [-0.15, -0.1) is 0 Å². The third-order valence-corrected chi connectivity index (χ3v) is 12.7. The topological polar surface area (TPSA) is 6.48 Å². The van der Waals surface area contributed by atoms with Crippen molar-refractivity contribution in [2.45, 2.75) is 27.7 Å². The van der Waals surface area contributed by atoms with E-state index in [1.165, 1.54) is 43.2 Å². The molecule has 35 heavy (non-hydrogen) atoms. The van der Waals surface area contributed by atoms with Crippen LogP contribution in [-0.4, -0.2) is 34.3 Å². The predicted molar refractivity (Wildman–Crippen MR) is 156 cm³/mol. The number of benzene rings is 4. The van der Waals surface area contributed by atoms with E-state index in [2.05, 4.69) is 135 Å². The lowest BCUT2D eigenvalue weighted by atomic mass is 10.0. The number of rotatable bonds is 8. The van der Waals surface area contributed by atoms with Gasteiger partial charge < -0.3 is 9.80 Å². The lowest BCUT2D eigenvalue weighted by molar-refractivity contribution is 0.866. The van der Waals surface area contributed by atoms with Crippen LogP contribution in [0.5, 0.6) is 0 Å². The van der Waals surface area contributed by atoms with Gasteiger partial charge in [0, 0.05) is 37.6 Å². The summed E-state index contributed by atoms with van der Waals surface area (Å²) in [6.07, 6.45) is 0. The second kappa shape index (κ2) is 9.75. The third-order valence-electron chi connectivity index (χ3n) is 7.78. The maximum atomic E-state index is 2.47. The van der Waals surface area contributed by atoms with Gasteiger partial charge >= 0.3 is 0 Å².